The first-order valence-corrected chi connectivity index (χ1v) is 11.7. The number of hydrogen-bond acceptors (Lipinski definition) is 6. The first-order chi connectivity index (χ1) is 14.9. The van der Waals surface area contributed by atoms with Gasteiger partial charge in [0, 0.05) is 5.92 Å². The Hall–Kier alpha value is -3.30. The third kappa shape index (κ3) is 3.00. The summed E-state index contributed by atoms with van der Waals surface area (Å²) in [5, 5.41) is 10.3. The molecule has 156 valence electrons. The van der Waals surface area contributed by atoms with Crippen LogP contribution in [0.25, 0.3) is 11.0 Å². The van der Waals surface area contributed by atoms with Gasteiger partial charge in [0.25, 0.3) is 10.0 Å². The van der Waals surface area contributed by atoms with Crippen LogP contribution in [0.4, 0.5) is 5.69 Å². The van der Waals surface area contributed by atoms with E-state index >= 15 is 0 Å². The summed E-state index contributed by atoms with van der Waals surface area (Å²) in [6.07, 6.45) is 0. The maximum atomic E-state index is 13.7. The number of para-hydroxylation sites is 1. The number of nitrogens with zero attached hydrogens (tertiary/aromatic N) is 3. The molecule has 31 heavy (non-hydrogen) atoms. The van der Waals surface area contributed by atoms with Crippen molar-refractivity contribution in [3.05, 3.63) is 83.4 Å². The molecule has 0 saturated heterocycles. The molecule has 5 rings (SSSR count). The summed E-state index contributed by atoms with van der Waals surface area (Å²) < 4.78 is 36.9. The van der Waals surface area contributed by atoms with Crippen LogP contribution in [0.15, 0.2) is 71.6 Å². The molecule has 0 saturated carbocycles. The van der Waals surface area contributed by atoms with Crippen LogP contribution in [0.2, 0.25) is 0 Å². The SMILES string of the molecule is Cc1ccccc1N1C(C(=O)O)C(c2ccc3nsnc3c2)c2ccccc2S1(=O)=O. The Morgan fingerprint density at radius 2 is 1.71 bits per heavy atom. The fourth-order valence-electron chi connectivity index (χ4n) is 4.22. The summed E-state index contributed by atoms with van der Waals surface area (Å²) in [6.45, 7) is 1.77. The molecule has 0 bridgehead atoms. The molecule has 0 aliphatic carbocycles. The van der Waals surface area contributed by atoms with E-state index in [1.165, 1.54) is 6.07 Å². The third-order valence-corrected chi connectivity index (χ3v) is 8.03. The highest BCUT2D eigenvalue weighted by Crippen LogP contribution is 2.45. The molecule has 0 amide bonds. The molecule has 1 N–H and O–H groups in total. The van der Waals surface area contributed by atoms with Crippen molar-refractivity contribution in [2.75, 3.05) is 4.31 Å². The number of aromatic nitrogens is 2. The molecule has 0 spiro atoms. The van der Waals surface area contributed by atoms with E-state index in [4.69, 9.17) is 0 Å². The second-order valence-corrected chi connectivity index (χ2v) is 9.71. The average Bonchev–Trinajstić information content (AvgIpc) is 3.22. The average molecular weight is 452 g/mol. The van der Waals surface area contributed by atoms with E-state index in [9.17, 15) is 18.3 Å². The van der Waals surface area contributed by atoms with Crippen LogP contribution in [0.1, 0.15) is 22.6 Å². The summed E-state index contributed by atoms with van der Waals surface area (Å²) >= 11 is 1.08. The Bertz CT molecular complexity index is 1430. The predicted molar refractivity (Wildman–Crippen MR) is 118 cm³/mol. The summed E-state index contributed by atoms with van der Waals surface area (Å²) in [4.78, 5) is 12.7. The lowest BCUT2D eigenvalue weighted by molar-refractivity contribution is -0.138. The van der Waals surface area contributed by atoms with Crippen molar-refractivity contribution < 1.29 is 18.3 Å². The monoisotopic (exact) mass is 451 g/mol. The molecule has 3 aromatic carbocycles. The van der Waals surface area contributed by atoms with E-state index in [2.05, 4.69) is 8.75 Å². The van der Waals surface area contributed by atoms with Gasteiger partial charge in [0.05, 0.1) is 22.3 Å². The number of aryl methyl sites for hydroxylation is 1. The highest BCUT2D eigenvalue weighted by molar-refractivity contribution is 7.93. The van der Waals surface area contributed by atoms with Gasteiger partial charge < -0.3 is 5.11 Å². The first-order valence-electron chi connectivity index (χ1n) is 9.53. The number of rotatable bonds is 3. The number of aliphatic carboxylic acids is 1. The zero-order chi connectivity index (χ0) is 21.8. The van der Waals surface area contributed by atoms with Crippen molar-refractivity contribution in [3.8, 4) is 0 Å². The minimum absolute atomic E-state index is 0.109. The number of sulfonamides is 1. The van der Waals surface area contributed by atoms with Crippen LogP contribution in [-0.2, 0) is 14.8 Å². The normalized spacial score (nSPS) is 19.8. The molecular formula is C22H17N3O4S2. The first kappa shape index (κ1) is 19.7. The number of carbonyl (C=O) groups is 1. The molecule has 2 atom stereocenters. The van der Waals surface area contributed by atoms with Gasteiger partial charge in [-0.25, -0.2) is 13.2 Å². The van der Waals surface area contributed by atoms with Crippen LogP contribution in [-0.4, -0.2) is 34.3 Å². The van der Waals surface area contributed by atoms with Gasteiger partial charge in [-0.15, -0.1) is 0 Å². The Morgan fingerprint density at radius 3 is 2.48 bits per heavy atom. The second-order valence-electron chi connectivity index (χ2n) is 7.40. The summed E-state index contributed by atoms with van der Waals surface area (Å²) in [5.41, 5.74) is 3.53. The summed E-state index contributed by atoms with van der Waals surface area (Å²) in [5.74, 6) is -1.94. The van der Waals surface area contributed by atoms with Gasteiger partial charge >= 0.3 is 5.97 Å². The molecule has 2 unspecified atom stereocenters. The van der Waals surface area contributed by atoms with Crippen molar-refractivity contribution >= 4 is 44.4 Å². The minimum atomic E-state index is -4.10. The highest BCUT2D eigenvalue weighted by Gasteiger charge is 2.49. The molecule has 7 nitrogen and oxygen atoms in total. The Labute approximate surface area is 183 Å². The zero-order valence-electron chi connectivity index (χ0n) is 16.3. The van der Waals surface area contributed by atoms with E-state index in [1.54, 1.807) is 67.6 Å². The van der Waals surface area contributed by atoms with Crippen molar-refractivity contribution in [1.82, 2.24) is 8.75 Å². The van der Waals surface area contributed by atoms with Crippen LogP contribution < -0.4 is 4.31 Å². The zero-order valence-corrected chi connectivity index (χ0v) is 18.0. The number of benzene rings is 3. The van der Waals surface area contributed by atoms with Gasteiger partial charge in [-0.2, -0.15) is 8.75 Å². The van der Waals surface area contributed by atoms with Gasteiger partial charge in [0.15, 0.2) is 6.04 Å². The number of hydrogen-bond donors (Lipinski definition) is 1. The van der Waals surface area contributed by atoms with Crippen LogP contribution in [0.3, 0.4) is 0 Å². The van der Waals surface area contributed by atoms with E-state index < -0.39 is 28.0 Å². The van der Waals surface area contributed by atoms with E-state index in [0.29, 0.717) is 33.4 Å². The smallest absolute Gasteiger partial charge is 0.328 e. The molecule has 1 aliphatic rings. The van der Waals surface area contributed by atoms with E-state index in [-0.39, 0.29) is 4.90 Å². The second kappa shape index (κ2) is 7.14. The third-order valence-electron chi connectivity index (χ3n) is 5.60. The Balaban J connectivity index is 1.84. The number of carboxylic acid groups (broad SMARTS) is 1. The maximum absolute atomic E-state index is 13.7. The van der Waals surface area contributed by atoms with Gasteiger partial charge in [0.1, 0.15) is 11.0 Å². The Kier molecular flexibility index (Phi) is 4.53. The van der Waals surface area contributed by atoms with E-state index in [0.717, 1.165) is 16.0 Å². The lowest BCUT2D eigenvalue weighted by Gasteiger charge is -2.41. The number of fused-ring (bicyclic) bond motifs is 2. The fraction of sp³-hybridized carbons (Fsp3) is 0.136. The van der Waals surface area contributed by atoms with Crippen molar-refractivity contribution in [1.29, 1.82) is 0 Å². The molecule has 4 aromatic rings. The molecule has 2 heterocycles. The molecule has 0 fully saturated rings. The van der Waals surface area contributed by atoms with Crippen LogP contribution >= 0.6 is 11.7 Å². The summed E-state index contributed by atoms with van der Waals surface area (Å²) in [6, 6.07) is 17.5. The van der Waals surface area contributed by atoms with Crippen molar-refractivity contribution in [3.63, 3.8) is 0 Å². The van der Waals surface area contributed by atoms with Crippen molar-refractivity contribution in [2.45, 2.75) is 23.8 Å². The van der Waals surface area contributed by atoms with Crippen LogP contribution in [0.5, 0.6) is 0 Å². The van der Waals surface area contributed by atoms with Gasteiger partial charge in [0.2, 0.25) is 0 Å². The standard InChI is InChI=1S/C22H17N3O4S2/c1-13-6-2-4-8-18(13)25-21(22(26)27)20(14-10-11-16-17(12-14)24-30-23-16)15-7-3-5-9-19(15)31(25,28)29/h2-12,20-21H,1H3,(H,26,27). The number of anilines is 1. The fourth-order valence-corrected chi connectivity index (χ4v) is 6.67. The highest BCUT2D eigenvalue weighted by atomic mass is 32.2. The lowest BCUT2D eigenvalue weighted by atomic mass is 9.84. The molecule has 0 radical (unpaired) electrons. The van der Waals surface area contributed by atoms with Crippen LogP contribution in [0, 0.1) is 6.92 Å². The Morgan fingerprint density at radius 1 is 1.00 bits per heavy atom. The van der Waals surface area contributed by atoms with E-state index in [1.807, 2.05) is 0 Å². The molecule has 1 aromatic heterocycles. The minimum Gasteiger partial charge on any atom is -0.480 e. The lowest BCUT2D eigenvalue weighted by Crippen LogP contribution is -2.52. The van der Waals surface area contributed by atoms with Gasteiger partial charge in [-0.05, 0) is 47.9 Å². The largest absolute Gasteiger partial charge is 0.480 e. The quantitative estimate of drug-likeness (QED) is 0.509. The molecule has 1 aliphatic heterocycles. The van der Waals surface area contributed by atoms with Crippen molar-refractivity contribution in [2.24, 2.45) is 0 Å². The van der Waals surface area contributed by atoms with Gasteiger partial charge in [-0.1, -0.05) is 42.5 Å². The predicted octanol–water partition coefficient (Wildman–Crippen LogP) is 3.79. The maximum Gasteiger partial charge on any atom is 0.328 e. The topological polar surface area (TPSA) is 100 Å². The molecular weight excluding hydrogens is 434 g/mol. The number of carboxylic acids is 1. The summed E-state index contributed by atoms with van der Waals surface area (Å²) in [7, 11) is -4.10. The van der Waals surface area contributed by atoms with Gasteiger partial charge in [-0.3, -0.25) is 4.31 Å². The molecule has 9 heteroatoms.